The molecule has 0 saturated heterocycles. The number of ether oxygens (including phenoxy) is 1. The highest BCUT2D eigenvalue weighted by molar-refractivity contribution is 5.95. The molecule has 3 rings (SSSR count). The van der Waals surface area contributed by atoms with Crippen molar-refractivity contribution < 1.29 is 4.74 Å². The molecule has 0 saturated carbocycles. The van der Waals surface area contributed by atoms with E-state index in [-0.39, 0.29) is 16.9 Å². The van der Waals surface area contributed by atoms with Crippen LogP contribution >= 0.6 is 0 Å². The molecule has 1 aromatic carbocycles. The Morgan fingerprint density at radius 1 is 1.39 bits per heavy atom. The Labute approximate surface area is 132 Å². The van der Waals surface area contributed by atoms with Crippen molar-refractivity contribution in [3.05, 3.63) is 41.9 Å². The molecule has 1 aromatic heterocycles. The van der Waals surface area contributed by atoms with E-state index in [9.17, 15) is 0 Å². The molecule has 0 unspecified atom stereocenters. The van der Waals surface area contributed by atoms with Crippen LogP contribution in [0, 0.1) is 11.3 Å². The summed E-state index contributed by atoms with van der Waals surface area (Å²) in [5, 5.41) is 25.4. The summed E-state index contributed by atoms with van der Waals surface area (Å²) in [6.07, 6.45) is 1.53. The highest BCUT2D eigenvalue weighted by Crippen LogP contribution is 2.21. The minimum absolute atomic E-state index is 0.179. The molecule has 8 heteroatoms. The summed E-state index contributed by atoms with van der Waals surface area (Å²) in [5.41, 5.74) is 1.85. The third-order valence-electron chi connectivity index (χ3n) is 3.19. The first-order chi connectivity index (χ1) is 11.1. The third-order valence-corrected chi connectivity index (χ3v) is 3.19. The van der Waals surface area contributed by atoms with E-state index in [1.54, 1.807) is 0 Å². The van der Waals surface area contributed by atoms with Gasteiger partial charge in [0.25, 0.3) is 0 Å². The molecule has 0 aliphatic carbocycles. The molecule has 2 aromatic rings. The molecule has 0 atom stereocenters. The topological polar surface area (TPSA) is 112 Å². The van der Waals surface area contributed by atoms with Crippen molar-refractivity contribution in [2.24, 2.45) is 4.99 Å². The summed E-state index contributed by atoms with van der Waals surface area (Å²) in [6.45, 7) is 4.64. The number of allylic oxidation sites excluding steroid dienone is 1. The lowest BCUT2D eigenvalue weighted by atomic mass is 10.1. The van der Waals surface area contributed by atoms with Gasteiger partial charge in [0, 0.05) is 17.5 Å². The van der Waals surface area contributed by atoms with Gasteiger partial charge in [-0.2, -0.15) is 10.5 Å². The highest BCUT2D eigenvalue weighted by atomic mass is 16.5. The van der Waals surface area contributed by atoms with Crippen LogP contribution in [0.15, 0.2) is 35.5 Å². The fourth-order valence-electron chi connectivity index (χ4n) is 2.02. The van der Waals surface area contributed by atoms with E-state index < -0.39 is 0 Å². The molecular weight excluding hydrogens is 294 g/mol. The van der Waals surface area contributed by atoms with Crippen LogP contribution in [-0.2, 0) is 4.74 Å². The van der Waals surface area contributed by atoms with Crippen molar-refractivity contribution in [1.29, 1.82) is 5.26 Å². The largest absolute Gasteiger partial charge is 0.475 e. The van der Waals surface area contributed by atoms with Gasteiger partial charge in [0.2, 0.25) is 11.7 Å². The average Bonchev–Trinajstić information content (AvgIpc) is 3.18. The van der Waals surface area contributed by atoms with Crippen LogP contribution in [0.4, 0.5) is 5.69 Å². The van der Waals surface area contributed by atoms with Gasteiger partial charge in [0.05, 0.1) is 5.54 Å². The Bertz CT molecular complexity index is 782. The molecular formula is C15H15N7O. The minimum Gasteiger partial charge on any atom is -0.475 e. The molecule has 0 spiro atoms. The van der Waals surface area contributed by atoms with Crippen LogP contribution in [0.1, 0.15) is 25.2 Å². The van der Waals surface area contributed by atoms with Crippen LogP contribution < -0.4 is 5.32 Å². The van der Waals surface area contributed by atoms with E-state index >= 15 is 0 Å². The summed E-state index contributed by atoms with van der Waals surface area (Å²) >= 11 is 0. The Balaban J connectivity index is 1.72. The molecule has 2 N–H and O–H groups in total. The first kappa shape index (κ1) is 14.7. The van der Waals surface area contributed by atoms with Crippen molar-refractivity contribution in [3.63, 3.8) is 0 Å². The average molecular weight is 309 g/mol. The number of hydrogen-bond donors (Lipinski definition) is 2. The van der Waals surface area contributed by atoms with Gasteiger partial charge >= 0.3 is 0 Å². The van der Waals surface area contributed by atoms with Crippen LogP contribution in [0.2, 0.25) is 0 Å². The predicted molar refractivity (Wildman–Crippen MR) is 84.4 cm³/mol. The molecule has 116 valence electrons. The van der Waals surface area contributed by atoms with Gasteiger partial charge in [-0.05, 0) is 43.3 Å². The fraction of sp³-hybridized carbons (Fsp3) is 0.267. The number of aliphatic imine (C=N–C) groups is 1. The standard InChI is InChI=1S/C15H15N7O/c1-15(2)9-23-14(18-15)10-3-5-12(6-4-10)17-8-11(7-16)13-19-21-22-20-13/h3-6,8,17H,9H2,1-2H3,(H,19,20,21,22). The van der Waals surface area contributed by atoms with E-state index in [1.165, 1.54) is 6.20 Å². The van der Waals surface area contributed by atoms with Crippen molar-refractivity contribution in [2.75, 3.05) is 11.9 Å². The zero-order chi connectivity index (χ0) is 16.3. The van der Waals surface area contributed by atoms with Crippen LogP contribution in [0.3, 0.4) is 0 Å². The van der Waals surface area contributed by atoms with Crippen molar-refractivity contribution in [3.8, 4) is 6.07 Å². The van der Waals surface area contributed by atoms with E-state index in [2.05, 4.69) is 30.9 Å². The van der Waals surface area contributed by atoms with Crippen molar-refractivity contribution >= 4 is 17.2 Å². The second kappa shape index (κ2) is 5.88. The smallest absolute Gasteiger partial charge is 0.216 e. The van der Waals surface area contributed by atoms with Gasteiger partial charge in [0.15, 0.2) is 0 Å². The van der Waals surface area contributed by atoms with E-state index in [0.717, 1.165) is 11.3 Å². The highest BCUT2D eigenvalue weighted by Gasteiger charge is 2.26. The molecule has 0 amide bonds. The van der Waals surface area contributed by atoms with Gasteiger partial charge in [-0.15, -0.1) is 10.2 Å². The maximum atomic E-state index is 9.10. The van der Waals surface area contributed by atoms with Crippen LogP contribution in [0.5, 0.6) is 0 Å². The normalized spacial score (nSPS) is 16.4. The summed E-state index contributed by atoms with van der Waals surface area (Å²) in [7, 11) is 0. The van der Waals surface area contributed by atoms with Gasteiger partial charge in [-0.1, -0.05) is 0 Å². The van der Waals surface area contributed by atoms with Crippen LogP contribution in [0.25, 0.3) is 5.57 Å². The number of rotatable bonds is 4. The quantitative estimate of drug-likeness (QED) is 0.832. The van der Waals surface area contributed by atoms with E-state index in [0.29, 0.717) is 12.5 Å². The monoisotopic (exact) mass is 309 g/mol. The Morgan fingerprint density at radius 2 is 2.17 bits per heavy atom. The molecule has 8 nitrogen and oxygen atoms in total. The minimum atomic E-state index is -0.179. The van der Waals surface area contributed by atoms with E-state index in [4.69, 9.17) is 10.00 Å². The zero-order valence-corrected chi connectivity index (χ0v) is 12.7. The summed E-state index contributed by atoms with van der Waals surface area (Å²) < 4.78 is 5.61. The lowest BCUT2D eigenvalue weighted by molar-refractivity contribution is 0.279. The molecule has 0 radical (unpaired) electrons. The molecule has 1 aliphatic rings. The maximum Gasteiger partial charge on any atom is 0.216 e. The summed E-state index contributed by atoms with van der Waals surface area (Å²) in [4.78, 5) is 4.53. The number of nitrogens with one attached hydrogen (secondary N) is 2. The third kappa shape index (κ3) is 3.35. The van der Waals surface area contributed by atoms with Gasteiger partial charge < -0.3 is 10.1 Å². The number of hydrogen-bond acceptors (Lipinski definition) is 7. The number of nitrogens with zero attached hydrogens (tertiary/aromatic N) is 5. The first-order valence-corrected chi connectivity index (χ1v) is 7.01. The summed E-state index contributed by atoms with van der Waals surface area (Å²) in [6, 6.07) is 9.61. The zero-order valence-electron chi connectivity index (χ0n) is 12.7. The number of aromatic amines is 1. The van der Waals surface area contributed by atoms with Crippen molar-refractivity contribution in [2.45, 2.75) is 19.4 Å². The van der Waals surface area contributed by atoms with Gasteiger partial charge in [0.1, 0.15) is 18.2 Å². The lowest BCUT2D eigenvalue weighted by Gasteiger charge is -2.07. The maximum absolute atomic E-state index is 9.10. The second-order valence-electron chi connectivity index (χ2n) is 5.64. The number of aromatic nitrogens is 4. The number of anilines is 1. The second-order valence-corrected chi connectivity index (χ2v) is 5.64. The summed E-state index contributed by atoms with van der Waals surface area (Å²) in [5.74, 6) is 0.897. The number of H-pyrrole nitrogens is 1. The number of nitriles is 1. The number of benzene rings is 1. The molecule has 2 heterocycles. The van der Waals surface area contributed by atoms with Crippen LogP contribution in [-0.4, -0.2) is 38.7 Å². The number of tetrazole rings is 1. The molecule has 23 heavy (non-hydrogen) atoms. The first-order valence-electron chi connectivity index (χ1n) is 7.01. The molecule has 0 fully saturated rings. The lowest BCUT2D eigenvalue weighted by Crippen LogP contribution is -2.17. The Morgan fingerprint density at radius 3 is 2.74 bits per heavy atom. The van der Waals surface area contributed by atoms with Crippen molar-refractivity contribution in [1.82, 2.24) is 20.6 Å². The predicted octanol–water partition coefficient (Wildman–Crippen LogP) is 1.73. The Kier molecular flexibility index (Phi) is 3.76. The SMILES string of the molecule is CC1(C)COC(c2ccc(NC=C(C#N)c3nn[nH]n3)cc2)=N1. The fourth-order valence-corrected chi connectivity index (χ4v) is 2.02. The molecule has 1 aliphatic heterocycles. The molecule has 0 bridgehead atoms. The Hall–Kier alpha value is -3.21. The van der Waals surface area contributed by atoms with Gasteiger partial charge in [-0.3, -0.25) is 0 Å². The van der Waals surface area contributed by atoms with E-state index in [1.807, 2.05) is 44.2 Å². The van der Waals surface area contributed by atoms with Gasteiger partial charge in [-0.25, -0.2) is 4.99 Å².